The van der Waals surface area contributed by atoms with E-state index in [1.807, 2.05) is 0 Å². The van der Waals surface area contributed by atoms with Crippen LogP contribution in [-0.2, 0) is 9.53 Å². The predicted octanol–water partition coefficient (Wildman–Crippen LogP) is 1.22. The first-order valence-electron chi connectivity index (χ1n) is 2.00. The maximum atomic E-state index is 10.4. The van der Waals surface area contributed by atoms with Crippen molar-refractivity contribution in [2.45, 2.75) is 0 Å². The van der Waals surface area contributed by atoms with Gasteiger partial charge in [-0.15, -0.1) is 0 Å². The Kier molecular flexibility index (Phi) is 1.73. The third-order valence-corrected chi connectivity index (χ3v) is 1.07. The molecule has 0 aromatic rings. The number of ether oxygens (including phenoxy) is 1. The van der Waals surface area contributed by atoms with Crippen LogP contribution >= 0.6 is 23.2 Å². The van der Waals surface area contributed by atoms with E-state index in [0.29, 0.717) is 0 Å². The Hall–Kier alpha value is -0.540. The molecule has 0 aliphatic carbocycles. The minimum atomic E-state index is -0.616. The average molecular weight is 166 g/mol. The van der Waals surface area contributed by atoms with Crippen LogP contribution in [0.15, 0.2) is 15.2 Å². The summed E-state index contributed by atoms with van der Waals surface area (Å²) in [6, 6.07) is 0. The van der Waals surface area contributed by atoms with Crippen molar-refractivity contribution in [1.29, 1.82) is 0 Å². The molecule has 1 rings (SSSR count). The first-order valence-corrected chi connectivity index (χ1v) is 2.76. The minimum absolute atomic E-state index is 0.0432. The largest absolute Gasteiger partial charge is 0.410 e. The fourth-order valence-corrected chi connectivity index (χ4v) is 0.613. The van der Waals surface area contributed by atoms with E-state index in [9.17, 15) is 4.79 Å². The van der Waals surface area contributed by atoms with E-state index < -0.39 is 5.97 Å². The molecule has 3 nitrogen and oxygen atoms in total. The molecule has 0 unspecified atom stereocenters. The summed E-state index contributed by atoms with van der Waals surface area (Å²) in [6.45, 7) is 0. The molecule has 0 saturated heterocycles. The van der Waals surface area contributed by atoms with Crippen LogP contribution in [-0.4, -0.2) is 12.4 Å². The summed E-state index contributed by atoms with van der Waals surface area (Å²) >= 11 is 10.4. The van der Waals surface area contributed by atoms with Crippen LogP contribution in [0.5, 0.6) is 0 Å². The Morgan fingerprint density at radius 1 is 1.67 bits per heavy atom. The van der Waals surface area contributed by atoms with Gasteiger partial charge in [0.1, 0.15) is 4.49 Å². The number of hydrogen-bond donors (Lipinski definition) is 0. The van der Waals surface area contributed by atoms with Gasteiger partial charge >= 0.3 is 5.97 Å². The van der Waals surface area contributed by atoms with Gasteiger partial charge < -0.3 is 4.74 Å². The average Bonchev–Trinajstić information content (AvgIpc) is 2.13. The molecule has 0 radical (unpaired) electrons. The molecular weight excluding hydrogens is 165 g/mol. The highest BCUT2D eigenvalue weighted by Crippen LogP contribution is 2.18. The third kappa shape index (κ3) is 1.23. The van der Waals surface area contributed by atoms with Crippen molar-refractivity contribution in [2.24, 2.45) is 4.99 Å². The standard InChI is InChI=1S/C4HCl2NO2/c5-3(6)2-4(8)9-1-7-2/h1H. The number of carbonyl (C=O) groups excluding carboxylic acids is 1. The second-order valence-corrected chi connectivity index (χ2v) is 2.20. The van der Waals surface area contributed by atoms with Crippen LogP contribution in [0.3, 0.4) is 0 Å². The van der Waals surface area contributed by atoms with E-state index in [0.717, 1.165) is 6.40 Å². The number of hydrogen-bond acceptors (Lipinski definition) is 3. The molecule has 0 bridgehead atoms. The highest BCUT2D eigenvalue weighted by molar-refractivity contribution is 6.57. The van der Waals surface area contributed by atoms with Crippen molar-refractivity contribution in [1.82, 2.24) is 0 Å². The number of aliphatic imine (C=N–C) groups is 1. The highest BCUT2D eigenvalue weighted by Gasteiger charge is 2.17. The van der Waals surface area contributed by atoms with Crippen molar-refractivity contribution in [2.75, 3.05) is 0 Å². The van der Waals surface area contributed by atoms with Gasteiger partial charge in [-0.2, -0.15) is 0 Å². The fourth-order valence-electron chi connectivity index (χ4n) is 0.361. The summed E-state index contributed by atoms with van der Waals surface area (Å²) in [7, 11) is 0. The lowest BCUT2D eigenvalue weighted by Gasteiger charge is -1.85. The van der Waals surface area contributed by atoms with Gasteiger partial charge in [-0.3, -0.25) is 0 Å². The highest BCUT2D eigenvalue weighted by atomic mass is 35.5. The minimum Gasteiger partial charge on any atom is -0.410 e. The normalized spacial score (nSPS) is 16.2. The number of nitrogens with zero attached hydrogens (tertiary/aromatic N) is 1. The summed E-state index contributed by atoms with van der Waals surface area (Å²) in [6.07, 6.45) is 0.989. The summed E-state index contributed by atoms with van der Waals surface area (Å²) in [5.74, 6) is -0.616. The number of rotatable bonds is 0. The Balaban J connectivity index is 2.95. The molecule has 1 heterocycles. The van der Waals surface area contributed by atoms with E-state index in [2.05, 4.69) is 9.73 Å². The fraction of sp³-hybridized carbons (Fsp3) is 0. The molecule has 0 atom stereocenters. The van der Waals surface area contributed by atoms with Gasteiger partial charge in [0, 0.05) is 0 Å². The molecule has 0 N–H and O–H groups in total. The van der Waals surface area contributed by atoms with Gasteiger partial charge in [-0.1, -0.05) is 23.2 Å². The molecule has 9 heavy (non-hydrogen) atoms. The van der Waals surface area contributed by atoms with Crippen LogP contribution in [0.25, 0.3) is 0 Å². The van der Waals surface area contributed by atoms with Gasteiger partial charge in [-0.25, -0.2) is 9.79 Å². The lowest BCUT2D eigenvalue weighted by Crippen LogP contribution is -1.96. The molecular formula is C4HCl2NO2. The van der Waals surface area contributed by atoms with Crippen LogP contribution in [0, 0.1) is 0 Å². The number of halogens is 2. The first-order chi connectivity index (χ1) is 4.22. The Morgan fingerprint density at radius 2 is 2.33 bits per heavy atom. The van der Waals surface area contributed by atoms with Crippen molar-refractivity contribution < 1.29 is 9.53 Å². The van der Waals surface area contributed by atoms with Gasteiger partial charge in [-0.05, 0) is 0 Å². The van der Waals surface area contributed by atoms with Crippen LogP contribution < -0.4 is 0 Å². The maximum absolute atomic E-state index is 10.4. The Morgan fingerprint density at radius 3 is 2.56 bits per heavy atom. The summed E-state index contributed by atoms with van der Waals surface area (Å²) in [5, 5.41) is 0. The molecule has 5 heteroatoms. The van der Waals surface area contributed by atoms with Crippen molar-refractivity contribution in [3.8, 4) is 0 Å². The van der Waals surface area contributed by atoms with Crippen LogP contribution in [0.2, 0.25) is 0 Å². The second-order valence-electron chi connectivity index (χ2n) is 1.25. The van der Waals surface area contributed by atoms with Gasteiger partial charge in [0.05, 0.1) is 0 Å². The molecule has 48 valence electrons. The first kappa shape index (κ1) is 6.58. The maximum Gasteiger partial charge on any atom is 0.365 e. The number of cyclic esters (lactones) is 1. The number of carbonyl (C=O) groups is 1. The molecule has 0 spiro atoms. The smallest absolute Gasteiger partial charge is 0.365 e. The van der Waals surface area contributed by atoms with Gasteiger partial charge in [0.15, 0.2) is 12.1 Å². The molecule has 0 saturated carbocycles. The molecule has 0 fully saturated rings. The monoisotopic (exact) mass is 165 g/mol. The molecule has 0 aromatic heterocycles. The quantitative estimate of drug-likeness (QED) is 0.400. The second kappa shape index (κ2) is 2.37. The van der Waals surface area contributed by atoms with Crippen molar-refractivity contribution in [3.63, 3.8) is 0 Å². The van der Waals surface area contributed by atoms with E-state index in [1.54, 1.807) is 0 Å². The van der Waals surface area contributed by atoms with E-state index in [1.165, 1.54) is 0 Å². The van der Waals surface area contributed by atoms with E-state index >= 15 is 0 Å². The zero-order valence-electron chi connectivity index (χ0n) is 4.10. The number of esters is 1. The summed E-state index contributed by atoms with van der Waals surface area (Å²) < 4.78 is 4.10. The topological polar surface area (TPSA) is 38.7 Å². The molecule has 0 amide bonds. The summed E-state index contributed by atoms with van der Waals surface area (Å²) in [5.41, 5.74) is -0.0432. The van der Waals surface area contributed by atoms with Gasteiger partial charge in [0.2, 0.25) is 0 Å². The predicted molar refractivity (Wildman–Crippen MR) is 33.3 cm³/mol. The van der Waals surface area contributed by atoms with E-state index in [4.69, 9.17) is 23.2 Å². The lowest BCUT2D eigenvalue weighted by atomic mass is 10.5. The zero-order chi connectivity index (χ0) is 6.85. The van der Waals surface area contributed by atoms with Crippen molar-refractivity contribution >= 4 is 35.6 Å². The molecule has 1 aliphatic rings. The van der Waals surface area contributed by atoms with Crippen molar-refractivity contribution in [3.05, 3.63) is 10.2 Å². The Bertz CT molecular complexity index is 205. The van der Waals surface area contributed by atoms with Crippen LogP contribution in [0.1, 0.15) is 0 Å². The van der Waals surface area contributed by atoms with Gasteiger partial charge in [0.25, 0.3) is 0 Å². The SMILES string of the molecule is O=C1OC=NC1=C(Cl)Cl. The zero-order valence-corrected chi connectivity index (χ0v) is 5.61. The molecule has 1 aliphatic heterocycles. The molecule has 0 aromatic carbocycles. The Labute approximate surface area is 60.9 Å². The third-order valence-electron chi connectivity index (χ3n) is 0.714. The lowest BCUT2D eigenvalue weighted by molar-refractivity contribution is -0.129. The summed E-state index contributed by atoms with van der Waals surface area (Å²) in [4.78, 5) is 13.9. The van der Waals surface area contributed by atoms with E-state index in [-0.39, 0.29) is 10.2 Å². The van der Waals surface area contributed by atoms with Crippen LogP contribution in [0.4, 0.5) is 0 Å².